The Morgan fingerprint density at radius 3 is 2.88 bits per heavy atom. The van der Waals surface area contributed by atoms with Gasteiger partial charge in [-0.1, -0.05) is 23.8 Å². The SMILES string of the molecule is CN=C(NCCC1=CCOCC1)NCC1(c2cccc(F)c2)CC1. The molecule has 1 aromatic rings. The molecular formula is C19H26FN3O. The van der Waals surface area contributed by atoms with Gasteiger partial charge in [0, 0.05) is 25.6 Å². The second-order valence-electron chi connectivity index (χ2n) is 6.58. The average molecular weight is 331 g/mol. The number of hydrogen-bond donors (Lipinski definition) is 2. The lowest BCUT2D eigenvalue weighted by Crippen LogP contribution is -2.41. The van der Waals surface area contributed by atoms with Crippen LogP contribution in [0.25, 0.3) is 0 Å². The van der Waals surface area contributed by atoms with Crippen molar-refractivity contribution < 1.29 is 9.13 Å². The van der Waals surface area contributed by atoms with Crippen LogP contribution in [0.4, 0.5) is 4.39 Å². The number of hydrogen-bond acceptors (Lipinski definition) is 2. The predicted octanol–water partition coefficient (Wildman–Crippen LogP) is 2.76. The molecule has 1 aliphatic carbocycles. The summed E-state index contributed by atoms with van der Waals surface area (Å²) in [5.41, 5.74) is 2.59. The maximum absolute atomic E-state index is 13.5. The fourth-order valence-corrected chi connectivity index (χ4v) is 3.14. The van der Waals surface area contributed by atoms with Crippen LogP contribution < -0.4 is 10.6 Å². The second kappa shape index (κ2) is 7.79. The largest absolute Gasteiger partial charge is 0.377 e. The molecule has 4 nitrogen and oxygen atoms in total. The Bertz CT molecular complexity index is 623. The van der Waals surface area contributed by atoms with Crippen molar-refractivity contribution in [2.24, 2.45) is 4.99 Å². The van der Waals surface area contributed by atoms with E-state index in [4.69, 9.17) is 4.74 Å². The van der Waals surface area contributed by atoms with Crippen molar-refractivity contribution in [1.82, 2.24) is 10.6 Å². The summed E-state index contributed by atoms with van der Waals surface area (Å²) < 4.78 is 18.8. The summed E-state index contributed by atoms with van der Waals surface area (Å²) in [7, 11) is 1.78. The molecule has 0 atom stereocenters. The third-order valence-corrected chi connectivity index (χ3v) is 4.90. The third kappa shape index (κ3) is 4.35. The molecule has 1 heterocycles. The molecule has 0 bridgehead atoms. The van der Waals surface area contributed by atoms with Gasteiger partial charge in [0.05, 0.1) is 13.2 Å². The van der Waals surface area contributed by atoms with Crippen LogP contribution in [0.1, 0.15) is 31.2 Å². The van der Waals surface area contributed by atoms with E-state index in [1.807, 2.05) is 6.07 Å². The third-order valence-electron chi connectivity index (χ3n) is 4.90. The molecule has 1 aliphatic heterocycles. The molecule has 0 aromatic heterocycles. The highest BCUT2D eigenvalue weighted by Crippen LogP contribution is 2.47. The van der Waals surface area contributed by atoms with E-state index in [1.54, 1.807) is 19.2 Å². The van der Waals surface area contributed by atoms with Crippen molar-refractivity contribution in [3.63, 3.8) is 0 Å². The molecule has 0 spiro atoms. The van der Waals surface area contributed by atoms with Gasteiger partial charge in [-0.2, -0.15) is 0 Å². The minimum Gasteiger partial charge on any atom is -0.377 e. The van der Waals surface area contributed by atoms with Crippen molar-refractivity contribution >= 4 is 5.96 Å². The summed E-state index contributed by atoms with van der Waals surface area (Å²) in [6.07, 6.45) is 6.39. The summed E-state index contributed by atoms with van der Waals surface area (Å²) in [5, 5.41) is 6.76. The van der Waals surface area contributed by atoms with E-state index in [0.29, 0.717) is 0 Å². The van der Waals surface area contributed by atoms with E-state index < -0.39 is 0 Å². The fraction of sp³-hybridized carbons (Fsp3) is 0.526. The van der Waals surface area contributed by atoms with Crippen LogP contribution in [-0.2, 0) is 10.2 Å². The average Bonchev–Trinajstić information content (AvgIpc) is 3.40. The Hall–Kier alpha value is -1.88. The number of benzene rings is 1. The van der Waals surface area contributed by atoms with Gasteiger partial charge in [0.1, 0.15) is 5.82 Å². The molecule has 0 amide bonds. The quantitative estimate of drug-likeness (QED) is 0.479. The zero-order valence-electron chi connectivity index (χ0n) is 14.3. The molecule has 5 heteroatoms. The van der Waals surface area contributed by atoms with Crippen molar-refractivity contribution in [2.45, 2.75) is 31.1 Å². The van der Waals surface area contributed by atoms with Gasteiger partial charge in [-0.25, -0.2) is 4.39 Å². The molecular weight excluding hydrogens is 305 g/mol. The van der Waals surface area contributed by atoms with Gasteiger partial charge >= 0.3 is 0 Å². The number of guanidine groups is 1. The Balaban J connectivity index is 1.47. The lowest BCUT2D eigenvalue weighted by atomic mass is 9.96. The van der Waals surface area contributed by atoms with Gasteiger partial charge in [-0.05, 0) is 43.4 Å². The highest BCUT2D eigenvalue weighted by Gasteiger charge is 2.44. The molecule has 1 aromatic carbocycles. The standard InChI is InChI=1S/C19H26FN3O/c1-21-18(22-10-5-15-6-11-24-12-7-15)23-14-19(8-9-19)16-3-2-4-17(20)13-16/h2-4,6,13H,5,7-12,14H2,1H3,(H2,21,22,23). The highest BCUT2D eigenvalue weighted by molar-refractivity contribution is 5.79. The molecule has 2 N–H and O–H groups in total. The number of nitrogens with one attached hydrogen (secondary N) is 2. The van der Waals surface area contributed by atoms with Crippen LogP contribution in [0.2, 0.25) is 0 Å². The van der Waals surface area contributed by atoms with E-state index >= 15 is 0 Å². The van der Waals surface area contributed by atoms with Crippen LogP contribution in [0.5, 0.6) is 0 Å². The van der Waals surface area contributed by atoms with E-state index in [0.717, 1.165) is 63.5 Å². The van der Waals surface area contributed by atoms with Crippen LogP contribution in [-0.4, -0.2) is 39.3 Å². The van der Waals surface area contributed by atoms with Crippen molar-refractivity contribution in [3.05, 3.63) is 47.3 Å². The van der Waals surface area contributed by atoms with Crippen LogP contribution in [0.15, 0.2) is 40.9 Å². The highest BCUT2D eigenvalue weighted by atomic mass is 19.1. The zero-order valence-corrected chi connectivity index (χ0v) is 14.3. The maximum Gasteiger partial charge on any atom is 0.191 e. The Morgan fingerprint density at radius 2 is 2.21 bits per heavy atom. The van der Waals surface area contributed by atoms with Crippen molar-refractivity contribution in [2.75, 3.05) is 33.4 Å². The topological polar surface area (TPSA) is 45.7 Å². The lowest BCUT2D eigenvalue weighted by molar-refractivity contribution is 0.153. The summed E-state index contributed by atoms with van der Waals surface area (Å²) >= 11 is 0. The molecule has 24 heavy (non-hydrogen) atoms. The molecule has 3 rings (SSSR count). The van der Waals surface area contributed by atoms with E-state index in [-0.39, 0.29) is 11.2 Å². The monoisotopic (exact) mass is 331 g/mol. The predicted molar refractivity (Wildman–Crippen MR) is 94.8 cm³/mol. The number of halogens is 1. The molecule has 2 aliphatic rings. The summed E-state index contributed by atoms with van der Waals surface area (Å²) in [6, 6.07) is 6.96. The van der Waals surface area contributed by atoms with Crippen molar-refractivity contribution in [3.8, 4) is 0 Å². The minimum absolute atomic E-state index is 0.0585. The molecule has 0 saturated heterocycles. The number of ether oxygens (including phenoxy) is 1. The molecule has 0 radical (unpaired) electrons. The van der Waals surface area contributed by atoms with E-state index in [2.05, 4.69) is 21.7 Å². The molecule has 130 valence electrons. The first-order valence-electron chi connectivity index (χ1n) is 8.68. The number of aliphatic imine (C=N–C) groups is 1. The summed E-state index contributed by atoms with van der Waals surface area (Å²) in [4.78, 5) is 4.29. The summed E-state index contributed by atoms with van der Waals surface area (Å²) in [6.45, 7) is 3.21. The van der Waals surface area contributed by atoms with Crippen molar-refractivity contribution in [1.29, 1.82) is 0 Å². The Kier molecular flexibility index (Phi) is 5.51. The zero-order chi connectivity index (χ0) is 16.8. The first-order chi connectivity index (χ1) is 11.7. The normalized spacial score (nSPS) is 19.6. The Morgan fingerprint density at radius 1 is 1.33 bits per heavy atom. The summed E-state index contributed by atoms with van der Waals surface area (Å²) in [5.74, 6) is 0.649. The molecule has 0 unspecified atom stereocenters. The first-order valence-corrected chi connectivity index (χ1v) is 8.68. The van der Waals surface area contributed by atoms with Crippen LogP contribution in [0.3, 0.4) is 0 Å². The number of rotatable bonds is 6. The minimum atomic E-state index is -0.161. The Labute approximate surface area is 143 Å². The van der Waals surface area contributed by atoms with E-state index in [9.17, 15) is 4.39 Å². The second-order valence-corrected chi connectivity index (χ2v) is 6.58. The maximum atomic E-state index is 13.5. The smallest absolute Gasteiger partial charge is 0.191 e. The van der Waals surface area contributed by atoms with Gasteiger partial charge in [-0.15, -0.1) is 0 Å². The number of nitrogens with zero attached hydrogens (tertiary/aromatic N) is 1. The van der Waals surface area contributed by atoms with Gasteiger partial charge in [0.15, 0.2) is 5.96 Å². The van der Waals surface area contributed by atoms with Gasteiger partial charge < -0.3 is 15.4 Å². The fourth-order valence-electron chi connectivity index (χ4n) is 3.14. The lowest BCUT2D eigenvalue weighted by Gasteiger charge is -2.20. The van der Waals surface area contributed by atoms with E-state index in [1.165, 1.54) is 11.6 Å². The van der Waals surface area contributed by atoms with Crippen LogP contribution >= 0.6 is 0 Å². The van der Waals surface area contributed by atoms with Gasteiger partial charge in [0.2, 0.25) is 0 Å². The van der Waals surface area contributed by atoms with Crippen LogP contribution in [0, 0.1) is 5.82 Å². The molecule has 1 fully saturated rings. The van der Waals surface area contributed by atoms with Gasteiger partial charge in [-0.3, -0.25) is 4.99 Å². The first kappa shape index (κ1) is 17.0. The molecule has 1 saturated carbocycles. The van der Waals surface area contributed by atoms with Gasteiger partial charge in [0.25, 0.3) is 0 Å².